The molecule has 1 amide bonds. The second-order valence-corrected chi connectivity index (χ2v) is 9.27. The summed E-state index contributed by atoms with van der Waals surface area (Å²) in [6.45, 7) is 1.88. The molecule has 1 unspecified atom stereocenters. The van der Waals surface area contributed by atoms with E-state index in [0.29, 0.717) is 26.2 Å². The fraction of sp³-hybridized carbons (Fsp3) is 0.355. The van der Waals surface area contributed by atoms with Crippen molar-refractivity contribution in [3.05, 3.63) is 96.1 Å². The van der Waals surface area contributed by atoms with Crippen LogP contribution in [0.1, 0.15) is 49.7 Å². The summed E-state index contributed by atoms with van der Waals surface area (Å²) >= 11 is 0. The summed E-state index contributed by atoms with van der Waals surface area (Å²) in [5.74, 6) is 1.48. The van der Waals surface area contributed by atoms with Crippen molar-refractivity contribution in [3.8, 4) is 11.5 Å². The van der Waals surface area contributed by atoms with Gasteiger partial charge in [0.1, 0.15) is 24.1 Å². The molecule has 5 N–H and O–H groups in total. The first-order valence-electron chi connectivity index (χ1n) is 13.4. The van der Waals surface area contributed by atoms with Crippen LogP contribution in [0.15, 0.2) is 89.9 Å². The molecule has 0 aliphatic carbocycles. The zero-order valence-electron chi connectivity index (χ0n) is 22.5. The Kier molecular flexibility index (Phi) is 15.0. The number of ether oxygens (including phenoxy) is 2. The molecule has 0 aliphatic heterocycles. The van der Waals surface area contributed by atoms with Crippen molar-refractivity contribution in [1.29, 1.82) is 0 Å². The molecule has 1 atom stereocenters. The van der Waals surface area contributed by atoms with E-state index in [1.54, 1.807) is 0 Å². The van der Waals surface area contributed by atoms with E-state index in [9.17, 15) is 4.79 Å². The first-order chi connectivity index (χ1) is 18.6. The minimum atomic E-state index is -0.611. The number of benzene rings is 3. The molecule has 210 valence electrons. The molecule has 3 aromatic carbocycles. The standard InChI is InChI=1S/C31H40N4O3.ClH/c32-31(33)35-29(23-25-13-7-5-8-14-25)30(36)34-21-11-3-1-2-4-12-22-37-27-17-19-28(20-18-27)38-24-26-15-9-6-10-16-26;/h5-10,13-20,29H,1-4,11-12,21-24H2,(H,34,36)(H4,32,33,35);1H. The summed E-state index contributed by atoms with van der Waals surface area (Å²) in [6, 6.07) is 27.0. The zero-order chi connectivity index (χ0) is 26.8. The van der Waals surface area contributed by atoms with Crippen LogP contribution in [0.4, 0.5) is 0 Å². The molecule has 39 heavy (non-hydrogen) atoms. The maximum Gasteiger partial charge on any atom is 0.245 e. The van der Waals surface area contributed by atoms with Crippen molar-refractivity contribution in [1.82, 2.24) is 5.32 Å². The average molecular weight is 553 g/mol. The lowest BCUT2D eigenvalue weighted by Gasteiger charge is -2.13. The van der Waals surface area contributed by atoms with Crippen LogP contribution in [0.2, 0.25) is 0 Å². The van der Waals surface area contributed by atoms with E-state index in [1.165, 1.54) is 0 Å². The van der Waals surface area contributed by atoms with Crippen molar-refractivity contribution in [3.63, 3.8) is 0 Å². The maximum atomic E-state index is 12.6. The Bertz CT molecular complexity index is 1090. The highest BCUT2D eigenvalue weighted by Crippen LogP contribution is 2.19. The van der Waals surface area contributed by atoms with Crippen LogP contribution in [-0.4, -0.2) is 31.1 Å². The topological polar surface area (TPSA) is 112 Å². The Hall–Kier alpha value is -3.71. The number of nitrogens with two attached hydrogens (primary N) is 2. The van der Waals surface area contributed by atoms with Gasteiger partial charge in [-0.15, -0.1) is 12.4 Å². The van der Waals surface area contributed by atoms with Gasteiger partial charge < -0.3 is 26.3 Å². The minimum absolute atomic E-state index is 0. The van der Waals surface area contributed by atoms with Gasteiger partial charge in [0, 0.05) is 13.0 Å². The van der Waals surface area contributed by atoms with Gasteiger partial charge in [-0.2, -0.15) is 0 Å². The van der Waals surface area contributed by atoms with E-state index in [4.69, 9.17) is 20.9 Å². The first kappa shape index (κ1) is 31.5. The largest absolute Gasteiger partial charge is 0.494 e. The Morgan fingerprint density at radius 2 is 1.26 bits per heavy atom. The Morgan fingerprint density at radius 3 is 1.87 bits per heavy atom. The van der Waals surface area contributed by atoms with Gasteiger partial charge in [-0.05, 0) is 48.2 Å². The summed E-state index contributed by atoms with van der Waals surface area (Å²) in [6.07, 6.45) is 6.88. The molecule has 7 nitrogen and oxygen atoms in total. The van der Waals surface area contributed by atoms with Crippen molar-refractivity contribution >= 4 is 24.3 Å². The van der Waals surface area contributed by atoms with Crippen LogP contribution in [0.3, 0.4) is 0 Å². The molecule has 3 aromatic rings. The molecule has 0 radical (unpaired) electrons. The number of unbranched alkanes of at least 4 members (excludes halogenated alkanes) is 5. The summed E-state index contributed by atoms with van der Waals surface area (Å²) in [5, 5.41) is 2.97. The lowest BCUT2D eigenvalue weighted by Crippen LogP contribution is -2.38. The molecule has 0 saturated heterocycles. The molecule has 0 bridgehead atoms. The van der Waals surface area contributed by atoms with E-state index < -0.39 is 6.04 Å². The second kappa shape index (κ2) is 18.5. The lowest BCUT2D eigenvalue weighted by molar-refractivity contribution is -0.122. The van der Waals surface area contributed by atoms with Gasteiger partial charge in [-0.1, -0.05) is 86.3 Å². The van der Waals surface area contributed by atoms with E-state index in [0.717, 1.165) is 61.2 Å². The number of nitrogens with one attached hydrogen (secondary N) is 1. The number of guanidine groups is 1. The van der Waals surface area contributed by atoms with Crippen molar-refractivity contribution in [2.45, 2.75) is 57.6 Å². The molecule has 3 rings (SSSR count). The molecule has 0 spiro atoms. The third-order valence-corrected chi connectivity index (χ3v) is 6.09. The minimum Gasteiger partial charge on any atom is -0.494 e. The SMILES string of the molecule is Cl.NC(N)=NC(Cc1ccccc1)C(=O)NCCCCCCCCOc1ccc(OCc2ccccc2)cc1. The molecule has 0 aromatic heterocycles. The van der Waals surface area contributed by atoms with E-state index in [-0.39, 0.29) is 24.3 Å². The van der Waals surface area contributed by atoms with Crippen LogP contribution >= 0.6 is 12.4 Å². The predicted octanol–water partition coefficient (Wildman–Crippen LogP) is 5.41. The number of hydrogen-bond donors (Lipinski definition) is 3. The van der Waals surface area contributed by atoms with Crippen LogP contribution in [0.5, 0.6) is 11.5 Å². The third kappa shape index (κ3) is 13.1. The number of halogens is 1. The van der Waals surface area contributed by atoms with Crippen LogP contribution in [-0.2, 0) is 17.8 Å². The van der Waals surface area contributed by atoms with Crippen LogP contribution in [0, 0.1) is 0 Å². The number of carbonyl (C=O) groups is 1. The number of carbonyl (C=O) groups excluding carboxylic acids is 1. The highest BCUT2D eigenvalue weighted by atomic mass is 35.5. The molecule has 0 saturated carbocycles. The zero-order valence-corrected chi connectivity index (χ0v) is 23.3. The molecular formula is C31H41ClN4O3. The van der Waals surface area contributed by atoms with Crippen LogP contribution < -0.4 is 26.3 Å². The van der Waals surface area contributed by atoms with E-state index in [2.05, 4.69) is 22.4 Å². The monoisotopic (exact) mass is 552 g/mol. The first-order valence-corrected chi connectivity index (χ1v) is 13.4. The molecule has 0 fully saturated rings. The predicted molar refractivity (Wildman–Crippen MR) is 160 cm³/mol. The summed E-state index contributed by atoms with van der Waals surface area (Å²) in [7, 11) is 0. The number of amides is 1. The number of rotatable bonds is 17. The Labute approximate surface area is 238 Å². The smallest absolute Gasteiger partial charge is 0.245 e. The number of hydrogen-bond acceptors (Lipinski definition) is 4. The van der Waals surface area contributed by atoms with E-state index >= 15 is 0 Å². The Morgan fingerprint density at radius 1 is 0.718 bits per heavy atom. The number of nitrogens with zero attached hydrogens (tertiary/aromatic N) is 1. The fourth-order valence-electron chi connectivity index (χ4n) is 4.04. The van der Waals surface area contributed by atoms with E-state index in [1.807, 2.05) is 72.8 Å². The molecule has 0 aliphatic rings. The van der Waals surface area contributed by atoms with Gasteiger partial charge in [0.15, 0.2) is 5.96 Å². The molecule has 0 heterocycles. The summed E-state index contributed by atoms with van der Waals surface area (Å²) in [4.78, 5) is 16.7. The van der Waals surface area contributed by atoms with Gasteiger partial charge in [0.2, 0.25) is 5.91 Å². The number of aliphatic imine (C=N–C) groups is 1. The second-order valence-electron chi connectivity index (χ2n) is 9.27. The van der Waals surface area contributed by atoms with Crippen molar-refractivity contribution in [2.75, 3.05) is 13.2 Å². The van der Waals surface area contributed by atoms with Crippen molar-refractivity contribution < 1.29 is 14.3 Å². The quantitative estimate of drug-likeness (QED) is 0.118. The highest BCUT2D eigenvalue weighted by Gasteiger charge is 2.17. The molecular weight excluding hydrogens is 512 g/mol. The van der Waals surface area contributed by atoms with Gasteiger partial charge in [0.05, 0.1) is 6.61 Å². The highest BCUT2D eigenvalue weighted by molar-refractivity contribution is 5.86. The Balaban J connectivity index is 0.00000533. The summed E-state index contributed by atoms with van der Waals surface area (Å²) < 4.78 is 11.7. The lowest BCUT2D eigenvalue weighted by atomic mass is 10.1. The third-order valence-electron chi connectivity index (χ3n) is 6.09. The fourth-order valence-corrected chi connectivity index (χ4v) is 4.04. The van der Waals surface area contributed by atoms with Gasteiger partial charge in [-0.25, -0.2) is 4.99 Å². The van der Waals surface area contributed by atoms with Crippen LogP contribution in [0.25, 0.3) is 0 Å². The van der Waals surface area contributed by atoms with Gasteiger partial charge in [0.25, 0.3) is 0 Å². The van der Waals surface area contributed by atoms with Crippen molar-refractivity contribution in [2.24, 2.45) is 16.5 Å². The van der Waals surface area contributed by atoms with Gasteiger partial charge in [-0.3, -0.25) is 4.79 Å². The maximum absolute atomic E-state index is 12.6. The summed E-state index contributed by atoms with van der Waals surface area (Å²) in [5.41, 5.74) is 13.2. The normalized spacial score (nSPS) is 11.1. The molecule has 8 heteroatoms. The average Bonchev–Trinajstić information content (AvgIpc) is 2.94. The van der Waals surface area contributed by atoms with Gasteiger partial charge >= 0.3 is 0 Å².